The van der Waals surface area contributed by atoms with Crippen LogP contribution in [0.3, 0.4) is 0 Å². The van der Waals surface area contributed by atoms with Gasteiger partial charge < -0.3 is 9.64 Å². The largest absolute Gasteiger partial charge is 0.496 e. The summed E-state index contributed by atoms with van der Waals surface area (Å²) in [5, 5.41) is 0. The van der Waals surface area contributed by atoms with Gasteiger partial charge in [-0.3, -0.25) is 4.79 Å². The number of hydrogen-bond donors (Lipinski definition) is 1. The van der Waals surface area contributed by atoms with Crippen molar-refractivity contribution in [3.63, 3.8) is 0 Å². The molecule has 0 spiro atoms. The van der Waals surface area contributed by atoms with Gasteiger partial charge in [-0.2, -0.15) is 12.6 Å². The molecule has 0 N–H and O–H groups in total. The Balaban J connectivity index is 2.97. The highest BCUT2D eigenvalue weighted by Crippen LogP contribution is 2.29. The van der Waals surface area contributed by atoms with Crippen LogP contribution in [0.5, 0.6) is 5.75 Å². The van der Waals surface area contributed by atoms with Gasteiger partial charge in [-0.1, -0.05) is 0 Å². The van der Waals surface area contributed by atoms with Crippen LogP contribution in [0.25, 0.3) is 0 Å². The molecule has 15 heavy (non-hydrogen) atoms. The summed E-state index contributed by atoms with van der Waals surface area (Å²) in [6.07, 6.45) is 0. The Morgan fingerprint density at radius 3 is 2.73 bits per heavy atom. The second-order valence-electron chi connectivity index (χ2n) is 2.93. The Morgan fingerprint density at radius 1 is 1.60 bits per heavy atom. The fourth-order valence-corrected chi connectivity index (χ4v) is 1.85. The summed E-state index contributed by atoms with van der Waals surface area (Å²) in [5.74, 6) is 0.890. The minimum absolute atomic E-state index is 0.0459. The highest BCUT2D eigenvalue weighted by molar-refractivity contribution is 9.10. The van der Waals surface area contributed by atoms with Gasteiger partial charge in [-0.05, 0) is 34.1 Å². The predicted molar refractivity (Wildman–Crippen MR) is 68.0 cm³/mol. The van der Waals surface area contributed by atoms with Gasteiger partial charge in [0, 0.05) is 12.7 Å². The van der Waals surface area contributed by atoms with Crippen LogP contribution >= 0.6 is 28.6 Å². The molecule has 0 aliphatic carbocycles. The third kappa shape index (κ3) is 2.89. The van der Waals surface area contributed by atoms with Gasteiger partial charge in [0.15, 0.2) is 0 Å². The highest BCUT2D eigenvalue weighted by atomic mass is 79.9. The Bertz CT molecular complexity index is 370. The lowest BCUT2D eigenvalue weighted by molar-refractivity contribution is -0.115. The number of anilines is 1. The van der Waals surface area contributed by atoms with Gasteiger partial charge in [0.2, 0.25) is 5.91 Å². The summed E-state index contributed by atoms with van der Waals surface area (Å²) in [6.45, 7) is 0. The number of amides is 1. The number of carbonyl (C=O) groups is 1. The maximum atomic E-state index is 11.4. The maximum Gasteiger partial charge on any atom is 0.236 e. The average Bonchev–Trinajstić information content (AvgIpc) is 2.26. The lowest BCUT2D eigenvalue weighted by Crippen LogP contribution is -2.27. The van der Waals surface area contributed by atoms with E-state index >= 15 is 0 Å². The molecule has 1 aromatic carbocycles. The van der Waals surface area contributed by atoms with E-state index in [0.29, 0.717) is 0 Å². The summed E-state index contributed by atoms with van der Waals surface area (Å²) in [5.41, 5.74) is 0.807. The van der Waals surface area contributed by atoms with Gasteiger partial charge in [-0.15, -0.1) is 0 Å². The Kier molecular flexibility index (Phi) is 4.47. The van der Waals surface area contributed by atoms with Crippen LogP contribution in [0.15, 0.2) is 22.7 Å². The van der Waals surface area contributed by atoms with E-state index in [1.807, 2.05) is 18.2 Å². The summed E-state index contributed by atoms with van der Waals surface area (Å²) in [6, 6.07) is 5.47. The number of ether oxygens (including phenoxy) is 1. The molecule has 0 unspecified atom stereocenters. The van der Waals surface area contributed by atoms with Gasteiger partial charge in [0.1, 0.15) is 5.75 Å². The van der Waals surface area contributed by atoms with Gasteiger partial charge in [0.25, 0.3) is 0 Å². The normalized spacial score (nSPS) is 9.87. The standard InChI is InChI=1S/C10H12BrNO2S/c1-12(10(13)6-15)7-3-4-9(14-2)8(11)5-7/h3-5,15H,6H2,1-2H3. The van der Waals surface area contributed by atoms with Crippen LogP contribution in [0.1, 0.15) is 0 Å². The zero-order valence-corrected chi connectivity index (χ0v) is 11.0. The van der Waals surface area contributed by atoms with Crippen molar-refractivity contribution in [2.75, 3.05) is 24.8 Å². The van der Waals surface area contributed by atoms with Crippen LogP contribution in [-0.2, 0) is 4.79 Å². The summed E-state index contributed by atoms with van der Waals surface area (Å²) >= 11 is 7.31. The van der Waals surface area contributed by atoms with E-state index in [-0.39, 0.29) is 11.7 Å². The van der Waals surface area contributed by atoms with Gasteiger partial charge in [0.05, 0.1) is 17.3 Å². The number of nitrogens with zero attached hydrogens (tertiary/aromatic N) is 1. The third-order valence-corrected chi connectivity index (χ3v) is 2.92. The van der Waals surface area contributed by atoms with Gasteiger partial charge >= 0.3 is 0 Å². The first kappa shape index (κ1) is 12.4. The highest BCUT2D eigenvalue weighted by Gasteiger charge is 2.10. The Hall–Kier alpha value is -0.680. The molecule has 0 saturated carbocycles. The fourth-order valence-electron chi connectivity index (χ4n) is 1.11. The summed E-state index contributed by atoms with van der Waals surface area (Å²) in [7, 11) is 3.31. The van der Waals surface area contributed by atoms with Crippen LogP contribution in [-0.4, -0.2) is 25.8 Å². The minimum Gasteiger partial charge on any atom is -0.496 e. The molecule has 3 nitrogen and oxygen atoms in total. The number of methoxy groups -OCH3 is 1. The number of carbonyl (C=O) groups excluding carboxylic acids is 1. The average molecular weight is 290 g/mol. The van der Waals surface area contributed by atoms with E-state index in [2.05, 4.69) is 28.6 Å². The molecule has 1 amide bonds. The first-order valence-electron chi connectivity index (χ1n) is 4.31. The lowest BCUT2D eigenvalue weighted by atomic mass is 10.3. The van der Waals surface area contributed by atoms with Gasteiger partial charge in [-0.25, -0.2) is 0 Å². The summed E-state index contributed by atoms with van der Waals surface area (Å²) < 4.78 is 5.92. The monoisotopic (exact) mass is 289 g/mol. The van der Waals surface area contributed by atoms with Crippen molar-refractivity contribution in [1.29, 1.82) is 0 Å². The molecule has 0 aliphatic rings. The molecule has 0 atom stereocenters. The molecule has 0 radical (unpaired) electrons. The van der Waals surface area contributed by atoms with E-state index < -0.39 is 0 Å². The molecule has 5 heteroatoms. The molecule has 0 aromatic heterocycles. The Morgan fingerprint density at radius 2 is 2.27 bits per heavy atom. The van der Waals surface area contributed by atoms with Crippen molar-refractivity contribution in [3.8, 4) is 5.75 Å². The van der Waals surface area contributed by atoms with Crippen molar-refractivity contribution in [2.24, 2.45) is 0 Å². The van der Waals surface area contributed by atoms with E-state index in [1.165, 1.54) is 0 Å². The molecule has 1 rings (SSSR count). The topological polar surface area (TPSA) is 29.5 Å². The molecule has 1 aromatic rings. The SMILES string of the molecule is COc1ccc(N(C)C(=O)CS)cc1Br. The molecule has 0 bridgehead atoms. The van der Waals surface area contributed by atoms with E-state index in [0.717, 1.165) is 15.9 Å². The predicted octanol–water partition coefficient (Wildman–Crippen LogP) is 2.35. The summed E-state index contributed by atoms with van der Waals surface area (Å²) in [4.78, 5) is 12.9. The molecule has 82 valence electrons. The van der Waals surface area contributed by atoms with Crippen molar-refractivity contribution in [1.82, 2.24) is 0 Å². The number of halogens is 1. The quantitative estimate of drug-likeness (QED) is 0.866. The van der Waals surface area contributed by atoms with Crippen molar-refractivity contribution in [3.05, 3.63) is 22.7 Å². The van der Waals surface area contributed by atoms with Crippen LogP contribution < -0.4 is 9.64 Å². The maximum absolute atomic E-state index is 11.4. The van der Waals surface area contributed by atoms with Crippen LogP contribution in [0.2, 0.25) is 0 Å². The minimum atomic E-state index is -0.0459. The second kappa shape index (κ2) is 5.42. The molecule has 0 fully saturated rings. The molecular weight excluding hydrogens is 278 g/mol. The second-order valence-corrected chi connectivity index (χ2v) is 4.10. The van der Waals surface area contributed by atoms with Crippen molar-refractivity contribution >= 4 is 40.2 Å². The van der Waals surface area contributed by atoms with E-state index in [4.69, 9.17) is 4.74 Å². The first-order chi connectivity index (χ1) is 7.10. The molecule has 0 aliphatic heterocycles. The zero-order valence-electron chi connectivity index (χ0n) is 8.53. The number of hydrogen-bond acceptors (Lipinski definition) is 3. The zero-order chi connectivity index (χ0) is 11.4. The smallest absolute Gasteiger partial charge is 0.236 e. The Labute approximate surface area is 103 Å². The lowest BCUT2D eigenvalue weighted by Gasteiger charge is -2.17. The van der Waals surface area contributed by atoms with Crippen molar-refractivity contribution in [2.45, 2.75) is 0 Å². The third-order valence-electron chi connectivity index (χ3n) is 2.03. The number of benzene rings is 1. The van der Waals surface area contributed by atoms with E-state index in [9.17, 15) is 4.79 Å². The van der Waals surface area contributed by atoms with Crippen LogP contribution in [0, 0.1) is 0 Å². The molecule has 0 saturated heterocycles. The number of rotatable bonds is 3. The van der Waals surface area contributed by atoms with E-state index in [1.54, 1.807) is 19.1 Å². The molecule has 0 heterocycles. The van der Waals surface area contributed by atoms with Crippen molar-refractivity contribution < 1.29 is 9.53 Å². The molecular formula is C10H12BrNO2S. The van der Waals surface area contributed by atoms with Crippen LogP contribution in [0.4, 0.5) is 5.69 Å². The fraction of sp³-hybridized carbons (Fsp3) is 0.300. The first-order valence-corrected chi connectivity index (χ1v) is 5.73. The number of thiol groups is 1.